The van der Waals surface area contributed by atoms with Crippen LogP contribution in [0.5, 0.6) is 0 Å². The van der Waals surface area contributed by atoms with E-state index in [0.29, 0.717) is 18.0 Å². The minimum absolute atomic E-state index is 0.0436. The van der Waals surface area contributed by atoms with Crippen LogP contribution in [0.15, 0.2) is 5.38 Å². The number of nitrogens with two attached hydrogens (primary N) is 1. The van der Waals surface area contributed by atoms with E-state index in [1.807, 2.05) is 0 Å². The number of carboxylic acid groups (broad SMARTS) is 1. The van der Waals surface area contributed by atoms with E-state index < -0.39 is 5.97 Å². The van der Waals surface area contributed by atoms with Crippen LogP contribution in [0.2, 0.25) is 0 Å². The second-order valence-corrected chi connectivity index (χ2v) is 3.04. The summed E-state index contributed by atoms with van der Waals surface area (Å²) in [6.45, 7) is 0.504. The van der Waals surface area contributed by atoms with E-state index in [4.69, 9.17) is 10.8 Å². The van der Waals surface area contributed by atoms with Gasteiger partial charge in [-0.3, -0.25) is 0 Å². The van der Waals surface area contributed by atoms with Crippen LogP contribution in [-0.2, 0) is 0 Å². The highest BCUT2D eigenvalue weighted by molar-refractivity contribution is 7.10. The molecule has 0 radical (unpaired) electrons. The van der Waals surface area contributed by atoms with Crippen LogP contribution in [0.4, 0.5) is 0 Å². The van der Waals surface area contributed by atoms with Gasteiger partial charge in [-0.05, 0) is 5.92 Å². The number of hydrogen-bond acceptors (Lipinski definition) is 4. The SMILES string of the molecule is NCCC#Cc1nc(C(=O)O)cs1. The Labute approximate surface area is 79.4 Å². The third-order valence-corrected chi connectivity index (χ3v) is 1.95. The van der Waals surface area contributed by atoms with E-state index in [-0.39, 0.29) is 5.69 Å². The number of aromatic nitrogens is 1. The summed E-state index contributed by atoms with van der Waals surface area (Å²) >= 11 is 1.22. The Morgan fingerprint density at radius 3 is 3.08 bits per heavy atom. The van der Waals surface area contributed by atoms with Crippen molar-refractivity contribution < 1.29 is 9.90 Å². The molecule has 0 atom stereocenters. The molecule has 1 rings (SSSR count). The molecule has 5 heteroatoms. The van der Waals surface area contributed by atoms with Gasteiger partial charge >= 0.3 is 5.97 Å². The predicted octanol–water partition coefficient (Wildman–Crippen LogP) is 0.542. The zero-order valence-electron chi connectivity index (χ0n) is 6.78. The van der Waals surface area contributed by atoms with Crippen molar-refractivity contribution in [3.8, 4) is 11.8 Å². The van der Waals surface area contributed by atoms with Gasteiger partial charge in [-0.2, -0.15) is 0 Å². The van der Waals surface area contributed by atoms with Gasteiger partial charge in [-0.25, -0.2) is 9.78 Å². The van der Waals surface area contributed by atoms with Gasteiger partial charge in [0, 0.05) is 18.3 Å². The molecule has 68 valence electrons. The van der Waals surface area contributed by atoms with E-state index in [0.717, 1.165) is 0 Å². The number of rotatable bonds is 2. The molecule has 0 aliphatic heterocycles. The van der Waals surface area contributed by atoms with E-state index in [2.05, 4.69) is 16.8 Å². The number of hydrogen-bond donors (Lipinski definition) is 2. The molecular weight excluding hydrogens is 188 g/mol. The highest BCUT2D eigenvalue weighted by Gasteiger charge is 2.06. The van der Waals surface area contributed by atoms with Crippen molar-refractivity contribution in [3.05, 3.63) is 16.1 Å². The maximum atomic E-state index is 10.4. The topological polar surface area (TPSA) is 76.2 Å². The first-order chi connectivity index (χ1) is 6.24. The first-order valence-corrected chi connectivity index (χ1v) is 4.49. The number of aromatic carboxylic acids is 1. The Balaban J connectivity index is 2.71. The lowest BCUT2D eigenvalue weighted by Gasteiger charge is -1.80. The molecule has 0 saturated heterocycles. The van der Waals surface area contributed by atoms with E-state index in [9.17, 15) is 4.79 Å². The maximum Gasteiger partial charge on any atom is 0.355 e. The van der Waals surface area contributed by atoms with Crippen molar-refractivity contribution in [2.24, 2.45) is 5.73 Å². The van der Waals surface area contributed by atoms with E-state index in [1.54, 1.807) is 0 Å². The number of carbonyl (C=O) groups is 1. The zero-order valence-corrected chi connectivity index (χ0v) is 7.60. The van der Waals surface area contributed by atoms with Gasteiger partial charge in [0.15, 0.2) is 10.7 Å². The molecule has 0 aliphatic carbocycles. The molecule has 0 aromatic carbocycles. The third-order valence-electron chi connectivity index (χ3n) is 1.19. The minimum Gasteiger partial charge on any atom is -0.476 e. The molecule has 0 fully saturated rings. The van der Waals surface area contributed by atoms with Crippen molar-refractivity contribution in [1.29, 1.82) is 0 Å². The highest BCUT2D eigenvalue weighted by Crippen LogP contribution is 2.07. The highest BCUT2D eigenvalue weighted by atomic mass is 32.1. The Bertz CT molecular complexity index is 362. The summed E-state index contributed by atoms with van der Waals surface area (Å²) in [5.41, 5.74) is 5.28. The average Bonchev–Trinajstić information content (AvgIpc) is 2.53. The lowest BCUT2D eigenvalue weighted by Crippen LogP contribution is -1.96. The Morgan fingerprint density at radius 2 is 2.54 bits per heavy atom. The summed E-state index contributed by atoms with van der Waals surface area (Å²) in [5.74, 6) is 4.49. The summed E-state index contributed by atoms with van der Waals surface area (Å²) < 4.78 is 0. The summed E-state index contributed by atoms with van der Waals surface area (Å²) in [6, 6.07) is 0. The largest absolute Gasteiger partial charge is 0.476 e. The molecule has 0 unspecified atom stereocenters. The molecule has 3 N–H and O–H groups in total. The predicted molar refractivity (Wildman–Crippen MR) is 49.6 cm³/mol. The first-order valence-electron chi connectivity index (χ1n) is 3.62. The van der Waals surface area contributed by atoms with Gasteiger partial charge in [0.2, 0.25) is 0 Å². The van der Waals surface area contributed by atoms with Crippen LogP contribution in [0, 0.1) is 11.8 Å². The smallest absolute Gasteiger partial charge is 0.355 e. The molecule has 0 spiro atoms. The van der Waals surface area contributed by atoms with E-state index >= 15 is 0 Å². The normalized spacial score (nSPS) is 9.00. The maximum absolute atomic E-state index is 10.4. The van der Waals surface area contributed by atoms with Crippen LogP contribution < -0.4 is 5.73 Å². The fourth-order valence-electron chi connectivity index (χ4n) is 0.640. The van der Waals surface area contributed by atoms with Gasteiger partial charge in [0.1, 0.15) is 0 Å². The summed E-state index contributed by atoms with van der Waals surface area (Å²) in [4.78, 5) is 14.2. The summed E-state index contributed by atoms with van der Waals surface area (Å²) in [6.07, 6.45) is 0.599. The van der Waals surface area contributed by atoms with Crippen molar-refractivity contribution in [1.82, 2.24) is 4.98 Å². The molecule has 4 nitrogen and oxygen atoms in total. The fourth-order valence-corrected chi connectivity index (χ4v) is 1.30. The summed E-state index contributed by atoms with van der Waals surface area (Å²) in [7, 11) is 0. The molecule has 0 amide bonds. The van der Waals surface area contributed by atoms with Crippen LogP contribution in [-0.4, -0.2) is 22.6 Å². The monoisotopic (exact) mass is 196 g/mol. The van der Waals surface area contributed by atoms with Gasteiger partial charge in [-0.15, -0.1) is 11.3 Å². The number of nitrogens with zero attached hydrogens (tertiary/aromatic N) is 1. The first kappa shape index (κ1) is 9.71. The van der Waals surface area contributed by atoms with Crippen molar-refractivity contribution >= 4 is 17.3 Å². The van der Waals surface area contributed by atoms with Crippen molar-refractivity contribution in [3.63, 3.8) is 0 Å². The second kappa shape index (κ2) is 4.60. The molecule has 1 aromatic rings. The molecule has 13 heavy (non-hydrogen) atoms. The summed E-state index contributed by atoms with van der Waals surface area (Å²) in [5, 5.41) is 10.5. The van der Waals surface area contributed by atoms with Crippen molar-refractivity contribution in [2.75, 3.05) is 6.54 Å². The standard InChI is InChI=1S/C8H8N2O2S/c9-4-2-1-3-7-10-6(5-13-7)8(11)12/h5H,2,4,9H2,(H,11,12). The molecule has 1 aromatic heterocycles. The van der Waals surface area contributed by atoms with Crippen LogP contribution in [0.3, 0.4) is 0 Å². The molecule has 1 heterocycles. The number of carboxylic acids is 1. The molecule has 0 saturated carbocycles. The van der Waals surface area contributed by atoms with Gasteiger partial charge in [-0.1, -0.05) is 5.92 Å². The Hall–Kier alpha value is -1.38. The average molecular weight is 196 g/mol. The third kappa shape index (κ3) is 2.86. The molecule has 0 bridgehead atoms. The zero-order chi connectivity index (χ0) is 9.68. The number of thiazole rings is 1. The Kier molecular flexibility index (Phi) is 3.43. The van der Waals surface area contributed by atoms with Gasteiger partial charge in [0.25, 0.3) is 0 Å². The van der Waals surface area contributed by atoms with Crippen LogP contribution in [0.25, 0.3) is 0 Å². The van der Waals surface area contributed by atoms with Gasteiger partial charge in [0.05, 0.1) is 0 Å². The second-order valence-electron chi connectivity index (χ2n) is 2.18. The van der Waals surface area contributed by atoms with Gasteiger partial charge < -0.3 is 10.8 Å². The van der Waals surface area contributed by atoms with Crippen LogP contribution >= 0.6 is 11.3 Å². The quantitative estimate of drug-likeness (QED) is 0.677. The minimum atomic E-state index is -1.02. The lowest BCUT2D eigenvalue weighted by molar-refractivity contribution is 0.0691. The van der Waals surface area contributed by atoms with Crippen LogP contribution in [0.1, 0.15) is 21.9 Å². The van der Waals surface area contributed by atoms with E-state index in [1.165, 1.54) is 16.7 Å². The fraction of sp³-hybridized carbons (Fsp3) is 0.250. The molecule has 0 aliphatic rings. The molecular formula is C8H8N2O2S. The Morgan fingerprint density at radius 1 is 1.77 bits per heavy atom. The van der Waals surface area contributed by atoms with Crippen molar-refractivity contribution in [2.45, 2.75) is 6.42 Å². The lowest BCUT2D eigenvalue weighted by atomic mass is 10.4.